The first-order valence-electron chi connectivity index (χ1n) is 10.6. The van der Waals surface area contributed by atoms with Gasteiger partial charge in [0.25, 0.3) is 0 Å². The van der Waals surface area contributed by atoms with Gasteiger partial charge in [-0.25, -0.2) is 0 Å². The van der Waals surface area contributed by atoms with E-state index in [1.807, 2.05) is 61.5 Å². The average molecular weight is 427 g/mol. The van der Waals surface area contributed by atoms with Crippen LogP contribution in [-0.2, 0) is 13.1 Å². The highest BCUT2D eigenvalue weighted by atomic mass is 16.7. The van der Waals surface area contributed by atoms with Crippen LogP contribution in [0.15, 0.2) is 69.9 Å². The first-order chi connectivity index (χ1) is 15.7. The zero-order valence-electron chi connectivity index (χ0n) is 17.6. The van der Waals surface area contributed by atoms with Crippen LogP contribution in [-0.4, -0.2) is 18.4 Å². The van der Waals surface area contributed by atoms with Gasteiger partial charge in [0.05, 0.1) is 16.5 Å². The number of rotatable bonds is 3. The van der Waals surface area contributed by atoms with E-state index in [1.165, 1.54) is 0 Å². The fraction of sp³-hybridized carbons (Fsp3) is 0.192. The quantitative estimate of drug-likeness (QED) is 0.466. The average Bonchev–Trinajstić information content (AvgIpc) is 3.28. The highest BCUT2D eigenvalue weighted by Crippen LogP contribution is 2.36. The van der Waals surface area contributed by atoms with Crippen molar-refractivity contribution in [3.63, 3.8) is 0 Å². The molecule has 0 N–H and O–H groups in total. The smallest absolute Gasteiger partial charge is 0.231 e. The van der Waals surface area contributed by atoms with Crippen molar-refractivity contribution in [3.05, 3.63) is 87.8 Å². The number of hydrogen-bond acceptors (Lipinski definition) is 6. The molecule has 0 radical (unpaired) electrons. The molecule has 6 rings (SSSR count). The summed E-state index contributed by atoms with van der Waals surface area (Å²) in [5.41, 5.74) is 4.04. The highest BCUT2D eigenvalue weighted by Gasteiger charge is 2.24. The molecule has 0 bridgehead atoms. The number of fused-ring (bicyclic) bond motifs is 4. The topological polar surface area (TPSA) is 61.1 Å². The maximum atomic E-state index is 13.4. The van der Waals surface area contributed by atoms with E-state index < -0.39 is 0 Å². The number of hydrogen-bond donors (Lipinski definition) is 0. The van der Waals surface area contributed by atoms with Gasteiger partial charge in [-0.05, 0) is 42.3 Å². The molecular weight excluding hydrogens is 406 g/mol. The minimum absolute atomic E-state index is 0.0226. The molecule has 0 amide bonds. The monoisotopic (exact) mass is 427 g/mol. The van der Waals surface area contributed by atoms with Crippen molar-refractivity contribution < 1.29 is 18.6 Å². The summed E-state index contributed by atoms with van der Waals surface area (Å²) in [6.07, 6.45) is 0. The Bertz CT molecular complexity index is 1390. The fourth-order valence-corrected chi connectivity index (χ4v) is 4.46. The molecule has 32 heavy (non-hydrogen) atoms. The zero-order chi connectivity index (χ0) is 21.7. The Balaban J connectivity index is 1.37. The molecule has 6 heteroatoms. The summed E-state index contributed by atoms with van der Waals surface area (Å²) in [6.45, 7) is 3.86. The third-order valence-corrected chi connectivity index (χ3v) is 5.99. The molecule has 3 heterocycles. The van der Waals surface area contributed by atoms with Crippen molar-refractivity contribution in [2.75, 3.05) is 13.5 Å². The zero-order valence-corrected chi connectivity index (χ0v) is 17.6. The van der Waals surface area contributed by atoms with Crippen molar-refractivity contribution in [2.45, 2.75) is 20.0 Å². The standard InChI is InChI=1S/C26H21NO5/c1-16-24(18-5-3-2-4-6-18)25(28)19-8-10-21-20(26(19)32-16)13-27(14-29-21)12-17-7-9-22-23(11-17)31-15-30-22/h2-11H,12-15H2,1H3. The van der Waals surface area contributed by atoms with Crippen LogP contribution in [0.4, 0.5) is 0 Å². The summed E-state index contributed by atoms with van der Waals surface area (Å²) in [5.74, 6) is 2.90. The summed E-state index contributed by atoms with van der Waals surface area (Å²) < 4.78 is 23.1. The lowest BCUT2D eigenvalue weighted by atomic mass is 10.0. The van der Waals surface area contributed by atoms with Crippen LogP contribution in [0.3, 0.4) is 0 Å². The molecule has 2 aliphatic rings. The third kappa shape index (κ3) is 3.11. The van der Waals surface area contributed by atoms with E-state index in [1.54, 1.807) is 6.07 Å². The summed E-state index contributed by atoms with van der Waals surface area (Å²) in [7, 11) is 0. The van der Waals surface area contributed by atoms with Gasteiger partial charge in [0.2, 0.25) is 12.2 Å². The van der Waals surface area contributed by atoms with E-state index in [2.05, 4.69) is 4.90 Å². The van der Waals surface area contributed by atoms with Gasteiger partial charge in [-0.1, -0.05) is 36.4 Å². The molecule has 0 saturated carbocycles. The summed E-state index contributed by atoms with van der Waals surface area (Å²) in [6, 6.07) is 19.3. The van der Waals surface area contributed by atoms with Gasteiger partial charge in [-0.3, -0.25) is 9.69 Å². The third-order valence-electron chi connectivity index (χ3n) is 5.99. The van der Waals surface area contributed by atoms with Gasteiger partial charge in [0.1, 0.15) is 23.8 Å². The molecule has 0 unspecified atom stereocenters. The largest absolute Gasteiger partial charge is 0.478 e. The Labute approximate surface area is 184 Å². The van der Waals surface area contributed by atoms with Gasteiger partial charge < -0.3 is 18.6 Å². The second kappa shape index (κ2) is 7.43. The summed E-state index contributed by atoms with van der Waals surface area (Å²) in [4.78, 5) is 15.5. The van der Waals surface area contributed by atoms with E-state index >= 15 is 0 Å². The SMILES string of the molecule is Cc1oc2c3c(ccc2c(=O)c1-c1ccccc1)OCN(Cc1ccc2c(c1)OCO2)C3. The summed E-state index contributed by atoms with van der Waals surface area (Å²) in [5, 5.41) is 0.571. The van der Waals surface area contributed by atoms with Crippen LogP contribution in [0.1, 0.15) is 16.9 Å². The van der Waals surface area contributed by atoms with Gasteiger partial charge >= 0.3 is 0 Å². The predicted octanol–water partition coefficient (Wildman–Crippen LogP) is 4.85. The van der Waals surface area contributed by atoms with Crippen LogP contribution >= 0.6 is 0 Å². The van der Waals surface area contributed by atoms with Gasteiger partial charge in [-0.15, -0.1) is 0 Å². The molecule has 4 aromatic rings. The van der Waals surface area contributed by atoms with E-state index in [0.29, 0.717) is 42.1 Å². The molecule has 0 saturated heterocycles. The first-order valence-corrected chi connectivity index (χ1v) is 10.6. The first kappa shape index (κ1) is 19.0. The van der Waals surface area contributed by atoms with Crippen LogP contribution < -0.4 is 19.6 Å². The lowest BCUT2D eigenvalue weighted by molar-refractivity contribution is 0.0889. The van der Waals surface area contributed by atoms with Crippen molar-refractivity contribution in [1.29, 1.82) is 0 Å². The Kier molecular flexibility index (Phi) is 4.40. The van der Waals surface area contributed by atoms with Crippen LogP contribution in [0.25, 0.3) is 22.1 Å². The highest BCUT2D eigenvalue weighted by molar-refractivity contribution is 5.86. The molecule has 0 fully saturated rings. The number of ether oxygens (including phenoxy) is 3. The minimum Gasteiger partial charge on any atom is -0.478 e. The second-order valence-electron chi connectivity index (χ2n) is 8.10. The molecule has 160 valence electrons. The maximum Gasteiger partial charge on any atom is 0.231 e. The molecule has 0 aliphatic carbocycles. The number of nitrogens with zero attached hydrogens (tertiary/aromatic N) is 1. The molecule has 2 aliphatic heterocycles. The molecule has 1 aromatic heterocycles. The molecular formula is C26H21NO5. The van der Waals surface area contributed by atoms with Crippen molar-refractivity contribution in [1.82, 2.24) is 4.90 Å². The van der Waals surface area contributed by atoms with E-state index in [9.17, 15) is 4.79 Å². The van der Waals surface area contributed by atoms with Crippen LogP contribution in [0.5, 0.6) is 17.2 Å². The number of benzene rings is 3. The van der Waals surface area contributed by atoms with E-state index in [-0.39, 0.29) is 12.2 Å². The Hall–Kier alpha value is -3.77. The van der Waals surface area contributed by atoms with Crippen molar-refractivity contribution in [3.8, 4) is 28.4 Å². The molecule has 0 atom stereocenters. The lowest BCUT2D eigenvalue weighted by Gasteiger charge is -2.29. The fourth-order valence-electron chi connectivity index (χ4n) is 4.46. The maximum absolute atomic E-state index is 13.4. The van der Waals surface area contributed by atoms with Gasteiger partial charge in [0.15, 0.2) is 11.5 Å². The predicted molar refractivity (Wildman–Crippen MR) is 120 cm³/mol. The lowest BCUT2D eigenvalue weighted by Crippen LogP contribution is -2.31. The van der Waals surface area contributed by atoms with E-state index in [4.69, 9.17) is 18.6 Å². The van der Waals surface area contributed by atoms with Crippen molar-refractivity contribution in [2.24, 2.45) is 0 Å². The van der Waals surface area contributed by atoms with Gasteiger partial charge in [-0.2, -0.15) is 0 Å². The minimum atomic E-state index is -0.0226. The molecule has 6 nitrogen and oxygen atoms in total. The Morgan fingerprint density at radius 1 is 0.906 bits per heavy atom. The summed E-state index contributed by atoms with van der Waals surface area (Å²) >= 11 is 0. The second-order valence-corrected chi connectivity index (χ2v) is 8.10. The Morgan fingerprint density at radius 2 is 1.72 bits per heavy atom. The van der Waals surface area contributed by atoms with Gasteiger partial charge in [0, 0.05) is 13.1 Å². The van der Waals surface area contributed by atoms with Crippen molar-refractivity contribution >= 4 is 11.0 Å². The van der Waals surface area contributed by atoms with E-state index in [0.717, 1.165) is 33.9 Å². The van der Waals surface area contributed by atoms with Crippen LogP contribution in [0, 0.1) is 6.92 Å². The number of aryl methyl sites for hydroxylation is 1. The van der Waals surface area contributed by atoms with Crippen LogP contribution in [0.2, 0.25) is 0 Å². The normalized spacial score (nSPS) is 14.9. The molecule has 0 spiro atoms. The Morgan fingerprint density at radius 3 is 2.59 bits per heavy atom. The molecule has 3 aromatic carbocycles.